The van der Waals surface area contributed by atoms with Crippen LogP contribution in [0.5, 0.6) is 0 Å². The number of rotatable bonds is 4. The molecule has 1 N–H and O–H groups in total. The summed E-state index contributed by atoms with van der Waals surface area (Å²) in [6.07, 6.45) is 1.13. The summed E-state index contributed by atoms with van der Waals surface area (Å²) in [7, 11) is 0. The fraction of sp³-hybridized carbons (Fsp3) is 0.250. The van der Waals surface area contributed by atoms with Crippen molar-refractivity contribution in [1.29, 1.82) is 0 Å². The number of allylic oxidation sites excluding steroid dienone is 1. The molecule has 0 saturated carbocycles. The van der Waals surface area contributed by atoms with Crippen molar-refractivity contribution in [2.75, 3.05) is 10.9 Å². The zero-order valence-electron chi connectivity index (χ0n) is 13.6. The standard InChI is InChI=1S/C16H14FN3O4S2/c1-2-24-16(23)20(25)15-19-10-5-4-9(13(22)14(10)26-15)12(21)8-3-6-11(17)18-7-8/h3,6-7,22,25H,2,4-5H2,1H3. The van der Waals surface area contributed by atoms with Gasteiger partial charge in [0, 0.05) is 17.3 Å². The van der Waals surface area contributed by atoms with E-state index in [9.17, 15) is 19.1 Å². The van der Waals surface area contributed by atoms with Crippen LogP contribution in [-0.4, -0.2) is 33.6 Å². The molecule has 7 nitrogen and oxygen atoms in total. The summed E-state index contributed by atoms with van der Waals surface area (Å²) in [6.45, 7) is 1.86. The second kappa shape index (κ2) is 7.42. The smallest absolute Gasteiger partial charge is 0.426 e. The van der Waals surface area contributed by atoms with Crippen LogP contribution in [0.1, 0.15) is 34.3 Å². The van der Waals surface area contributed by atoms with Gasteiger partial charge in [-0.2, -0.15) is 8.70 Å². The Kier molecular flexibility index (Phi) is 5.23. The number of thiol groups is 1. The van der Waals surface area contributed by atoms with Crippen molar-refractivity contribution in [1.82, 2.24) is 9.97 Å². The van der Waals surface area contributed by atoms with Crippen LogP contribution in [0.2, 0.25) is 0 Å². The molecular formula is C16H14FN3O4S2. The molecular weight excluding hydrogens is 381 g/mol. The first-order chi connectivity index (χ1) is 12.4. The van der Waals surface area contributed by atoms with E-state index in [4.69, 9.17) is 4.74 Å². The molecule has 136 valence electrons. The van der Waals surface area contributed by atoms with E-state index in [1.807, 2.05) is 0 Å². The number of carbonyl (C=O) groups is 2. The second-order valence-corrected chi connectivity index (χ2v) is 6.69. The number of ether oxygens (including phenoxy) is 1. The van der Waals surface area contributed by atoms with Gasteiger partial charge in [0.25, 0.3) is 0 Å². The molecule has 0 saturated heterocycles. The number of fused-ring (bicyclic) bond motifs is 1. The topological polar surface area (TPSA) is 92.6 Å². The van der Waals surface area contributed by atoms with E-state index in [0.717, 1.165) is 27.9 Å². The number of Topliss-reactive ketones (excluding diaryl/α,β-unsaturated/α-hetero) is 1. The summed E-state index contributed by atoms with van der Waals surface area (Å²) in [5.74, 6) is -1.32. The lowest BCUT2D eigenvalue weighted by molar-refractivity contribution is 0.102. The molecule has 0 aromatic carbocycles. The van der Waals surface area contributed by atoms with E-state index in [-0.39, 0.29) is 35.1 Å². The summed E-state index contributed by atoms with van der Waals surface area (Å²) in [5.41, 5.74) is 0.950. The van der Waals surface area contributed by atoms with Gasteiger partial charge in [-0.15, -0.1) is 0 Å². The molecule has 2 aromatic heterocycles. The molecule has 2 heterocycles. The number of aromatic nitrogens is 2. The highest BCUT2D eigenvalue weighted by Gasteiger charge is 2.29. The van der Waals surface area contributed by atoms with Crippen LogP contribution in [0.15, 0.2) is 23.9 Å². The van der Waals surface area contributed by atoms with Crippen LogP contribution in [-0.2, 0) is 11.2 Å². The zero-order valence-corrected chi connectivity index (χ0v) is 15.3. The van der Waals surface area contributed by atoms with Gasteiger partial charge in [0.05, 0.1) is 17.2 Å². The molecule has 1 amide bonds. The molecule has 0 aliphatic heterocycles. The van der Waals surface area contributed by atoms with Gasteiger partial charge in [0.2, 0.25) is 11.1 Å². The third-order valence-electron chi connectivity index (χ3n) is 3.68. The van der Waals surface area contributed by atoms with Gasteiger partial charge in [-0.1, -0.05) is 24.2 Å². The lowest BCUT2D eigenvalue weighted by Crippen LogP contribution is -2.21. The van der Waals surface area contributed by atoms with E-state index in [1.54, 1.807) is 6.92 Å². The average molecular weight is 395 g/mol. The van der Waals surface area contributed by atoms with Crippen LogP contribution in [0.4, 0.5) is 14.3 Å². The maximum absolute atomic E-state index is 12.9. The maximum atomic E-state index is 12.9. The minimum Gasteiger partial charge on any atom is -0.506 e. The van der Waals surface area contributed by atoms with E-state index < -0.39 is 17.8 Å². The van der Waals surface area contributed by atoms with E-state index in [2.05, 4.69) is 22.8 Å². The van der Waals surface area contributed by atoms with E-state index in [0.29, 0.717) is 17.0 Å². The SMILES string of the molecule is CCOC(=O)N(S)c1nc2c(s1)C(O)=C(C(=O)c1ccc(F)nc1)CC2. The first kappa shape index (κ1) is 18.3. The molecule has 0 radical (unpaired) electrons. The molecule has 0 spiro atoms. The number of pyridine rings is 1. The fourth-order valence-electron chi connectivity index (χ4n) is 2.45. The summed E-state index contributed by atoms with van der Waals surface area (Å²) >= 11 is 5.09. The largest absolute Gasteiger partial charge is 0.506 e. The number of nitrogens with zero attached hydrogens (tertiary/aromatic N) is 3. The van der Waals surface area contributed by atoms with Gasteiger partial charge < -0.3 is 9.84 Å². The molecule has 0 atom stereocenters. The number of amides is 1. The number of anilines is 1. The number of hydrogen-bond donors (Lipinski definition) is 2. The Labute approximate surface area is 157 Å². The van der Waals surface area contributed by atoms with Crippen LogP contribution >= 0.6 is 24.2 Å². The van der Waals surface area contributed by atoms with Gasteiger partial charge in [-0.05, 0) is 31.9 Å². The Hall–Kier alpha value is -2.46. The summed E-state index contributed by atoms with van der Waals surface area (Å²) in [4.78, 5) is 32.5. The Morgan fingerprint density at radius 2 is 2.19 bits per heavy atom. The van der Waals surface area contributed by atoms with Crippen molar-refractivity contribution < 1.29 is 23.8 Å². The molecule has 10 heteroatoms. The minimum atomic E-state index is -0.689. The predicted molar refractivity (Wildman–Crippen MR) is 97.0 cm³/mol. The molecule has 3 rings (SSSR count). The van der Waals surface area contributed by atoms with Gasteiger partial charge in [-0.3, -0.25) is 4.79 Å². The number of carbonyl (C=O) groups excluding carboxylic acids is 2. The number of ketones is 1. The molecule has 26 heavy (non-hydrogen) atoms. The van der Waals surface area contributed by atoms with E-state index in [1.165, 1.54) is 6.07 Å². The Bertz CT molecular complexity index is 895. The second-order valence-electron chi connectivity index (χ2n) is 5.31. The molecule has 1 aliphatic carbocycles. The van der Waals surface area contributed by atoms with Crippen LogP contribution in [0.3, 0.4) is 0 Å². The highest BCUT2D eigenvalue weighted by molar-refractivity contribution is 7.83. The predicted octanol–water partition coefficient (Wildman–Crippen LogP) is 3.58. The first-order valence-corrected chi connectivity index (χ1v) is 8.88. The van der Waals surface area contributed by atoms with Crippen molar-refractivity contribution >= 4 is 46.9 Å². The van der Waals surface area contributed by atoms with E-state index >= 15 is 0 Å². The number of halogens is 1. The Balaban J connectivity index is 1.91. The summed E-state index contributed by atoms with van der Waals surface area (Å²) in [6, 6.07) is 2.40. The Morgan fingerprint density at radius 3 is 2.85 bits per heavy atom. The van der Waals surface area contributed by atoms with Gasteiger partial charge >= 0.3 is 6.09 Å². The number of hydrogen-bond acceptors (Lipinski definition) is 8. The zero-order chi connectivity index (χ0) is 18.8. The third kappa shape index (κ3) is 3.42. The van der Waals surface area contributed by atoms with Crippen LogP contribution in [0, 0.1) is 5.95 Å². The number of aryl methyl sites for hydroxylation is 1. The molecule has 2 aromatic rings. The number of aliphatic hydroxyl groups is 1. The monoisotopic (exact) mass is 395 g/mol. The quantitative estimate of drug-likeness (QED) is 0.467. The highest BCUT2D eigenvalue weighted by atomic mass is 32.1. The van der Waals surface area contributed by atoms with Crippen molar-refractivity contribution in [2.45, 2.75) is 19.8 Å². The molecule has 1 aliphatic rings. The Morgan fingerprint density at radius 1 is 1.42 bits per heavy atom. The highest BCUT2D eigenvalue weighted by Crippen LogP contribution is 2.38. The molecule has 0 fully saturated rings. The number of aliphatic hydroxyl groups excluding tert-OH is 1. The van der Waals surface area contributed by atoms with Crippen molar-refractivity contribution in [3.63, 3.8) is 0 Å². The average Bonchev–Trinajstić information content (AvgIpc) is 3.07. The van der Waals surface area contributed by atoms with Gasteiger partial charge in [-0.25, -0.2) is 14.8 Å². The summed E-state index contributed by atoms with van der Waals surface area (Å²) in [5, 5.41) is 10.8. The van der Waals surface area contributed by atoms with Crippen molar-refractivity contribution in [3.8, 4) is 0 Å². The van der Waals surface area contributed by atoms with Gasteiger partial charge in [0.1, 0.15) is 5.76 Å². The third-order valence-corrected chi connectivity index (χ3v) is 5.26. The normalized spacial score (nSPS) is 13.3. The number of thiazole rings is 1. The lowest BCUT2D eigenvalue weighted by atomic mass is 9.93. The van der Waals surface area contributed by atoms with Crippen molar-refractivity contribution in [2.24, 2.45) is 0 Å². The fourth-order valence-corrected chi connectivity index (χ4v) is 3.66. The lowest BCUT2D eigenvalue weighted by Gasteiger charge is -2.14. The maximum Gasteiger partial charge on any atom is 0.426 e. The van der Waals surface area contributed by atoms with Gasteiger partial charge in [0.15, 0.2) is 5.78 Å². The summed E-state index contributed by atoms with van der Waals surface area (Å²) < 4.78 is 18.7. The van der Waals surface area contributed by atoms with Crippen LogP contribution < -0.4 is 4.31 Å². The van der Waals surface area contributed by atoms with Crippen LogP contribution in [0.25, 0.3) is 5.76 Å². The van der Waals surface area contributed by atoms with Crippen molar-refractivity contribution in [3.05, 3.63) is 46.0 Å². The molecule has 0 bridgehead atoms. The minimum absolute atomic E-state index is 0.184. The molecule has 0 unspecified atom stereocenters. The first-order valence-electron chi connectivity index (χ1n) is 7.66.